The van der Waals surface area contributed by atoms with Crippen molar-refractivity contribution < 1.29 is 19.4 Å². The summed E-state index contributed by atoms with van der Waals surface area (Å²) in [6.07, 6.45) is 0. The van der Waals surface area contributed by atoms with Gasteiger partial charge in [0.15, 0.2) is 0 Å². The first kappa shape index (κ1) is 9.86. The van der Waals surface area contributed by atoms with Crippen molar-refractivity contribution in [3.05, 3.63) is 28.5 Å². The smallest absolute Gasteiger partial charge is 0.372 e. The van der Waals surface area contributed by atoms with Crippen molar-refractivity contribution in [2.24, 2.45) is 0 Å². The van der Waals surface area contributed by atoms with E-state index in [9.17, 15) is 9.90 Å². The standard InChI is InChI=1S/C10H7ClO4/c1-4-7-6(15-9(4)10(13)14)3-2-5(12)8(7)11/h2-3,12H,1H3,(H,13,14). The van der Waals surface area contributed by atoms with Gasteiger partial charge in [0.05, 0.1) is 5.02 Å². The van der Waals surface area contributed by atoms with E-state index in [-0.39, 0.29) is 16.5 Å². The zero-order valence-electron chi connectivity index (χ0n) is 7.74. The van der Waals surface area contributed by atoms with Crippen LogP contribution >= 0.6 is 11.6 Å². The number of aromatic carboxylic acids is 1. The number of rotatable bonds is 1. The van der Waals surface area contributed by atoms with Gasteiger partial charge in [-0.3, -0.25) is 0 Å². The first-order valence-corrected chi connectivity index (χ1v) is 4.54. The highest BCUT2D eigenvalue weighted by Crippen LogP contribution is 2.36. The Morgan fingerprint density at radius 3 is 2.73 bits per heavy atom. The van der Waals surface area contributed by atoms with E-state index in [2.05, 4.69) is 0 Å². The maximum absolute atomic E-state index is 10.8. The van der Waals surface area contributed by atoms with Crippen LogP contribution in [0.5, 0.6) is 5.75 Å². The van der Waals surface area contributed by atoms with Crippen LogP contribution in [0.4, 0.5) is 0 Å². The van der Waals surface area contributed by atoms with Crippen LogP contribution < -0.4 is 0 Å². The largest absolute Gasteiger partial charge is 0.506 e. The molecule has 15 heavy (non-hydrogen) atoms. The van der Waals surface area contributed by atoms with Crippen LogP contribution in [0.15, 0.2) is 16.5 Å². The molecule has 5 heteroatoms. The lowest BCUT2D eigenvalue weighted by Crippen LogP contribution is -1.95. The molecule has 78 valence electrons. The maximum Gasteiger partial charge on any atom is 0.372 e. The lowest BCUT2D eigenvalue weighted by Gasteiger charge is -1.96. The van der Waals surface area contributed by atoms with Gasteiger partial charge in [0.25, 0.3) is 0 Å². The average Bonchev–Trinajstić information content (AvgIpc) is 2.50. The van der Waals surface area contributed by atoms with Crippen LogP contribution in [0.1, 0.15) is 16.1 Å². The fourth-order valence-electron chi connectivity index (χ4n) is 1.49. The van der Waals surface area contributed by atoms with Crippen molar-refractivity contribution in [1.82, 2.24) is 0 Å². The molecule has 0 aliphatic carbocycles. The number of phenolic OH excluding ortho intramolecular Hbond substituents is 1. The van der Waals surface area contributed by atoms with Gasteiger partial charge in [-0.05, 0) is 19.1 Å². The van der Waals surface area contributed by atoms with Gasteiger partial charge in [-0.2, -0.15) is 0 Å². The molecule has 0 spiro atoms. The minimum Gasteiger partial charge on any atom is -0.506 e. The maximum atomic E-state index is 10.8. The fourth-order valence-corrected chi connectivity index (χ4v) is 1.78. The SMILES string of the molecule is Cc1c(C(=O)O)oc2ccc(O)c(Cl)c12. The molecule has 0 saturated carbocycles. The van der Waals surface area contributed by atoms with Gasteiger partial charge in [0.1, 0.15) is 11.3 Å². The number of hydrogen-bond donors (Lipinski definition) is 2. The summed E-state index contributed by atoms with van der Waals surface area (Å²) < 4.78 is 5.10. The highest BCUT2D eigenvalue weighted by molar-refractivity contribution is 6.37. The van der Waals surface area contributed by atoms with Crippen LogP contribution in [0.25, 0.3) is 11.0 Å². The lowest BCUT2D eigenvalue weighted by molar-refractivity contribution is 0.0664. The van der Waals surface area contributed by atoms with Crippen molar-refractivity contribution in [3.63, 3.8) is 0 Å². The molecule has 2 N–H and O–H groups in total. The zero-order valence-corrected chi connectivity index (χ0v) is 8.50. The van der Waals surface area contributed by atoms with E-state index in [1.807, 2.05) is 0 Å². The van der Waals surface area contributed by atoms with Crippen LogP contribution in [0.2, 0.25) is 5.02 Å². The van der Waals surface area contributed by atoms with E-state index in [1.54, 1.807) is 6.92 Å². The number of fused-ring (bicyclic) bond motifs is 1. The number of carbonyl (C=O) groups is 1. The molecular formula is C10H7ClO4. The van der Waals surface area contributed by atoms with Crippen molar-refractivity contribution in [1.29, 1.82) is 0 Å². The van der Waals surface area contributed by atoms with Crippen LogP contribution in [0, 0.1) is 6.92 Å². The highest BCUT2D eigenvalue weighted by Gasteiger charge is 2.19. The van der Waals surface area contributed by atoms with Gasteiger partial charge in [-0.25, -0.2) is 4.79 Å². The Morgan fingerprint density at radius 1 is 1.47 bits per heavy atom. The molecule has 0 aliphatic rings. The molecule has 4 nitrogen and oxygen atoms in total. The normalized spacial score (nSPS) is 10.8. The first-order valence-electron chi connectivity index (χ1n) is 4.16. The molecule has 2 rings (SSSR count). The summed E-state index contributed by atoms with van der Waals surface area (Å²) in [7, 11) is 0. The van der Waals surface area contributed by atoms with Crippen molar-refractivity contribution >= 4 is 28.5 Å². The minimum atomic E-state index is -1.15. The number of furan rings is 1. The van der Waals surface area contributed by atoms with Crippen molar-refractivity contribution in [2.75, 3.05) is 0 Å². The average molecular weight is 227 g/mol. The molecule has 0 fully saturated rings. The monoisotopic (exact) mass is 226 g/mol. The summed E-state index contributed by atoms with van der Waals surface area (Å²) >= 11 is 5.85. The molecule has 0 bridgehead atoms. The molecule has 0 amide bonds. The molecule has 0 unspecified atom stereocenters. The predicted octanol–water partition coefficient (Wildman–Crippen LogP) is 2.80. The number of carboxylic acids is 1. The first-order chi connectivity index (χ1) is 7.02. The van der Waals surface area contributed by atoms with Gasteiger partial charge in [0.2, 0.25) is 5.76 Å². The molecule has 0 atom stereocenters. The van der Waals surface area contributed by atoms with Gasteiger partial charge < -0.3 is 14.6 Å². The van der Waals surface area contributed by atoms with E-state index in [0.29, 0.717) is 16.5 Å². The third-order valence-corrected chi connectivity index (χ3v) is 2.59. The van der Waals surface area contributed by atoms with Crippen molar-refractivity contribution in [3.8, 4) is 5.75 Å². The van der Waals surface area contributed by atoms with E-state index >= 15 is 0 Å². The topological polar surface area (TPSA) is 70.7 Å². The second-order valence-electron chi connectivity index (χ2n) is 3.13. The van der Waals surface area contributed by atoms with E-state index < -0.39 is 5.97 Å². The number of aromatic hydroxyl groups is 1. The third-order valence-electron chi connectivity index (χ3n) is 2.21. The summed E-state index contributed by atoms with van der Waals surface area (Å²) in [5.41, 5.74) is 0.770. The van der Waals surface area contributed by atoms with Gasteiger partial charge in [-0.15, -0.1) is 0 Å². The Bertz CT molecular complexity index is 556. The number of halogens is 1. The summed E-state index contributed by atoms with van der Waals surface area (Å²) in [4.78, 5) is 10.8. The Kier molecular flexibility index (Phi) is 2.08. The Morgan fingerprint density at radius 2 is 2.13 bits per heavy atom. The van der Waals surface area contributed by atoms with Crippen LogP contribution in [-0.2, 0) is 0 Å². The molecule has 1 aromatic carbocycles. The summed E-state index contributed by atoms with van der Waals surface area (Å²) in [5.74, 6) is -1.40. The number of hydrogen-bond acceptors (Lipinski definition) is 3. The quantitative estimate of drug-likeness (QED) is 0.784. The lowest BCUT2D eigenvalue weighted by atomic mass is 10.1. The molecule has 0 saturated heterocycles. The van der Waals surface area contributed by atoms with E-state index in [4.69, 9.17) is 21.1 Å². The summed E-state index contributed by atoms with van der Waals surface area (Å²) in [6, 6.07) is 2.84. The Labute approximate surface area is 89.7 Å². The minimum absolute atomic E-state index is 0.0926. The van der Waals surface area contributed by atoms with E-state index in [1.165, 1.54) is 12.1 Å². The van der Waals surface area contributed by atoms with Crippen LogP contribution in [-0.4, -0.2) is 16.2 Å². The molecule has 0 radical (unpaired) electrons. The number of carboxylic acid groups (broad SMARTS) is 1. The second kappa shape index (κ2) is 3.17. The molecular weight excluding hydrogens is 220 g/mol. The second-order valence-corrected chi connectivity index (χ2v) is 3.51. The Balaban J connectivity index is 2.89. The van der Waals surface area contributed by atoms with Gasteiger partial charge in [0, 0.05) is 10.9 Å². The molecule has 1 aromatic heterocycles. The summed E-state index contributed by atoms with van der Waals surface area (Å²) in [5, 5.41) is 18.7. The van der Waals surface area contributed by atoms with E-state index in [0.717, 1.165) is 0 Å². The molecule has 1 heterocycles. The van der Waals surface area contributed by atoms with Crippen LogP contribution in [0.3, 0.4) is 0 Å². The Hall–Kier alpha value is -1.68. The number of aryl methyl sites for hydroxylation is 1. The predicted molar refractivity (Wildman–Crippen MR) is 54.6 cm³/mol. The van der Waals surface area contributed by atoms with Gasteiger partial charge in [-0.1, -0.05) is 11.6 Å². The third kappa shape index (κ3) is 1.34. The van der Waals surface area contributed by atoms with Crippen molar-refractivity contribution in [2.45, 2.75) is 6.92 Å². The number of phenols is 1. The van der Waals surface area contributed by atoms with Gasteiger partial charge >= 0.3 is 5.97 Å². The highest BCUT2D eigenvalue weighted by atomic mass is 35.5. The molecule has 0 aliphatic heterocycles. The zero-order chi connectivity index (χ0) is 11.2. The molecule has 2 aromatic rings. The number of benzene rings is 1. The fraction of sp³-hybridized carbons (Fsp3) is 0.100. The summed E-state index contributed by atoms with van der Waals surface area (Å²) in [6.45, 7) is 1.58.